The maximum Gasteiger partial charge on any atom is 0.311 e. The quantitative estimate of drug-likeness (QED) is 0.181. The number of aryl methyl sites for hydroxylation is 2. The Kier molecular flexibility index (Phi) is 12.7. The summed E-state index contributed by atoms with van der Waals surface area (Å²) in [5.74, 6) is -2.22. The molecule has 0 bridgehead atoms. The maximum absolute atomic E-state index is 13.3. The Morgan fingerprint density at radius 3 is 1.58 bits per heavy atom. The molecule has 192 valence electrons. The molecule has 10 heteroatoms. The molecule has 0 amide bonds. The third-order valence-electron chi connectivity index (χ3n) is 4.79. The van der Waals surface area contributed by atoms with Crippen LogP contribution in [0.5, 0.6) is 5.75 Å². The molecular formula is C26H22Br3F3O4. The Labute approximate surface area is 232 Å². The van der Waals surface area contributed by atoms with Crippen molar-refractivity contribution in [2.75, 3.05) is 0 Å². The minimum atomic E-state index is -0.817. The van der Waals surface area contributed by atoms with E-state index < -0.39 is 17.8 Å². The zero-order valence-corrected chi connectivity index (χ0v) is 23.6. The standard InChI is InChI=1S/C16H12Br2F2O2.C10H10BrFO2/c17-12-6-4-10(8-14(12)19)2-1-3-16(21)22-11-5-7-13(18)15(20)9-11;11-8-5-4-7(6-9(8)12)2-1-3-10(13)14/h4-9H,1-3H2;4-6H,1-3H2,(H,13,14). The molecule has 36 heavy (non-hydrogen) atoms. The number of aliphatic carboxylic acids is 1. The summed E-state index contributed by atoms with van der Waals surface area (Å²) in [6, 6.07) is 13.8. The first-order valence-corrected chi connectivity index (χ1v) is 13.2. The number of carbonyl (C=O) groups excluding carboxylic acids is 1. The van der Waals surface area contributed by atoms with Gasteiger partial charge in [-0.05, 0) is 121 Å². The first-order chi connectivity index (χ1) is 17.0. The largest absolute Gasteiger partial charge is 0.481 e. The minimum absolute atomic E-state index is 0.123. The molecule has 3 aromatic carbocycles. The van der Waals surface area contributed by atoms with Gasteiger partial charge in [0.25, 0.3) is 0 Å². The van der Waals surface area contributed by atoms with Crippen LogP contribution in [-0.2, 0) is 22.4 Å². The molecule has 0 heterocycles. The highest BCUT2D eigenvalue weighted by atomic mass is 79.9. The Morgan fingerprint density at radius 2 is 1.14 bits per heavy atom. The van der Waals surface area contributed by atoms with E-state index in [0.29, 0.717) is 39.1 Å². The van der Waals surface area contributed by atoms with Crippen LogP contribution in [0.3, 0.4) is 0 Å². The Morgan fingerprint density at radius 1 is 0.694 bits per heavy atom. The van der Waals surface area contributed by atoms with Crippen LogP contribution >= 0.6 is 47.8 Å². The second-order valence-corrected chi connectivity index (χ2v) is 10.2. The highest BCUT2D eigenvalue weighted by molar-refractivity contribution is 9.11. The number of carboxylic acid groups (broad SMARTS) is 1. The highest BCUT2D eigenvalue weighted by Gasteiger charge is 2.08. The normalized spacial score (nSPS) is 10.4. The second-order valence-electron chi connectivity index (χ2n) is 7.65. The van der Waals surface area contributed by atoms with E-state index in [1.807, 2.05) is 0 Å². The van der Waals surface area contributed by atoms with Crippen molar-refractivity contribution >= 4 is 59.7 Å². The van der Waals surface area contributed by atoms with Gasteiger partial charge in [0.1, 0.15) is 23.2 Å². The number of benzene rings is 3. The van der Waals surface area contributed by atoms with Gasteiger partial charge in [-0.15, -0.1) is 0 Å². The predicted octanol–water partition coefficient (Wildman–Crippen LogP) is 8.41. The third kappa shape index (κ3) is 10.8. The number of carboxylic acids is 1. The lowest BCUT2D eigenvalue weighted by Crippen LogP contribution is -2.08. The van der Waals surface area contributed by atoms with Gasteiger partial charge in [-0.1, -0.05) is 12.1 Å². The number of carbonyl (C=O) groups is 2. The van der Waals surface area contributed by atoms with Crippen LogP contribution in [0.2, 0.25) is 0 Å². The van der Waals surface area contributed by atoms with E-state index >= 15 is 0 Å². The first-order valence-electron chi connectivity index (χ1n) is 10.8. The number of rotatable bonds is 9. The molecule has 0 aliphatic heterocycles. The summed E-state index contributed by atoms with van der Waals surface area (Å²) >= 11 is 9.16. The van der Waals surface area contributed by atoms with E-state index in [2.05, 4.69) is 47.8 Å². The van der Waals surface area contributed by atoms with Crippen LogP contribution in [0.25, 0.3) is 0 Å². The van der Waals surface area contributed by atoms with Crippen LogP contribution < -0.4 is 4.74 Å². The number of hydrogen-bond donors (Lipinski definition) is 1. The molecular weight excluding hydrogens is 673 g/mol. The van der Waals surface area contributed by atoms with Gasteiger partial charge in [0.15, 0.2) is 0 Å². The van der Waals surface area contributed by atoms with E-state index in [9.17, 15) is 22.8 Å². The molecule has 4 nitrogen and oxygen atoms in total. The number of ether oxygens (including phenoxy) is 1. The van der Waals surface area contributed by atoms with Crippen LogP contribution in [0.15, 0.2) is 68.0 Å². The molecule has 0 fully saturated rings. The number of halogens is 6. The van der Waals surface area contributed by atoms with Crippen LogP contribution in [-0.4, -0.2) is 17.0 Å². The summed E-state index contributed by atoms with van der Waals surface area (Å²) in [5, 5.41) is 8.41. The van der Waals surface area contributed by atoms with Crippen molar-refractivity contribution in [3.63, 3.8) is 0 Å². The molecule has 0 aromatic heterocycles. The molecule has 1 N–H and O–H groups in total. The second kappa shape index (κ2) is 15.2. The zero-order valence-electron chi connectivity index (χ0n) is 18.9. The van der Waals surface area contributed by atoms with Gasteiger partial charge >= 0.3 is 11.9 Å². The van der Waals surface area contributed by atoms with Crippen LogP contribution in [0.1, 0.15) is 36.8 Å². The Balaban J connectivity index is 0.000000281. The van der Waals surface area contributed by atoms with Crippen molar-refractivity contribution in [3.05, 3.63) is 96.6 Å². The Bertz CT molecular complexity index is 1210. The van der Waals surface area contributed by atoms with E-state index in [1.54, 1.807) is 24.3 Å². The van der Waals surface area contributed by atoms with Crippen molar-refractivity contribution < 1.29 is 32.6 Å². The topological polar surface area (TPSA) is 63.6 Å². The first kappa shape index (κ1) is 30.1. The molecule has 3 rings (SSSR count). The molecule has 0 aliphatic carbocycles. The summed E-state index contributed by atoms with van der Waals surface area (Å²) < 4.78 is 45.8. The molecule has 0 spiro atoms. The van der Waals surface area contributed by atoms with Crippen LogP contribution in [0.4, 0.5) is 13.2 Å². The molecule has 3 aromatic rings. The lowest BCUT2D eigenvalue weighted by atomic mass is 10.1. The van der Waals surface area contributed by atoms with E-state index in [1.165, 1.54) is 24.3 Å². The van der Waals surface area contributed by atoms with Crippen molar-refractivity contribution in [2.24, 2.45) is 0 Å². The van der Waals surface area contributed by atoms with Gasteiger partial charge in [-0.25, -0.2) is 13.2 Å². The lowest BCUT2D eigenvalue weighted by molar-refractivity contribution is -0.137. The average molecular weight is 695 g/mol. The van der Waals surface area contributed by atoms with Crippen molar-refractivity contribution in [2.45, 2.75) is 38.5 Å². The van der Waals surface area contributed by atoms with Gasteiger partial charge in [-0.2, -0.15) is 0 Å². The number of esters is 1. The predicted molar refractivity (Wildman–Crippen MR) is 141 cm³/mol. The van der Waals surface area contributed by atoms with E-state index in [0.717, 1.165) is 17.2 Å². The molecule has 0 aliphatic rings. The molecule has 0 saturated carbocycles. The van der Waals surface area contributed by atoms with Crippen molar-refractivity contribution in [3.8, 4) is 5.75 Å². The summed E-state index contributed by atoms with van der Waals surface area (Å²) in [7, 11) is 0. The lowest BCUT2D eigenvalue weighted by Gasteiger charge is -2.06. The molecule has 0 radical (unpaired) electrons. The smallest absolute Gasteiger partial charge is 0.311 e. The molecule has 0 unspecified atom stereocenters. The summed E-state index contributed by atoms with van der Waals surface area (Å²) in [6.45, 7) is 0. The van der Waals surface area contributed by atoms with Gasteiger partial charge < -0.3 is 9.84 Å². The average Bonchev–Trinajstić information content (AvgIpc) is 2.81. The summed E-state index contributed by atoms with van der Waals surface area (Å²) in [5.41, 5.74) is 1.63. The van der Waals surface area contributed by atoms with E-state index in [4.69, 9.17) is 9.84 Å². The maximum atomic E-state index is 13.3. The fourth-order valence-electron chi connectivity index (χ4n) is 2.99. The Hall–Kier alpha value is -2.17. The summed E-state index contributed by atoms with van der Waals surface area (Å²) in [6.07, 6.45) is 2.52. The van der Waals surface area contributed by atoms with Gasteiger partial charge in [0.05, 0.1) is 13.4 Å². The summed E-state index contributed by atoms with van der Waals surface area (Å²) in [4.78, 5) is 21.9. The minimum Gasteiger partial charge on any atom is -0.481 e. The monoisotopic (exact) mass is 692 g/mol. The fourth-order valence-corrected chi connectivity index (χ4v) is 3.73. The third-order valence-corrected chi connectivity index (χ3v) is 6.72. The highest BCUT2D eigenvalue weighted by Crippen LogP contribution is 2.22. The molecule has 0 saturated heterocycles. The SMILES string of the molecule is O=C(CCCc1ccc(Br)c(F)c1)Oc1ccc(Br)c(F)c1.O=C(O)CCCc1ccc(Br)c(F)c1. The zero-order chi connectivity index (χ0) is 26.7. The molecule has 0 atom stereocenters. The van der Waals surface area contributed by atoms with Gasteiger partial charge in [-0.3, -0.25) is 9.59 Å². The fraction of sp³-hybridized carbons (Fsp3) is 0.231. The number of hydrogen-bond acceptors (Lipinski definition) is 3. The van der Waals surface area contributed by atoms with Crippen LogP contribution in [0, 0.1) is 17.5 Å². The van der Waals surface area contributed by atoms with Crippen molar-refractivity contribution in [1.29, 1.82) is 0 Å². The van der Waals surface area contributed by atoms with E-state index in [-0.39, 0.29) is 30.2 Å². The van der Waals surface area contributed by atoms with Crippen molar-refractivity contribution in [1.82, 2.24) is 0 Å². The van der Waals surface area contributed by atoms with Gasteiger partial charge in [0, 0.05) is 18.9 Å². The van der Waals surface area contributed by atoms with Gasteiger partial charge in [0.2, 0.25) is 0 Å².